The maximum atomic E-state index is 14.3. The number of nitrogens with zero attached hydrogens (tertiary/aromatic N) is 2. The highest BCUT2D eigenvalue weighted by Crippen LogP contribution is 2.51. The van der Waals surface area contributed by atoms with Crippen LogP contribution in [0.2, 0.25) is 0 Å². The second kappa shape index (κ2) is 9.66. The second-order valence-electron chi connectivity index (χ2n) is 11.8. The third-order valence-corrected chi connectivity index (χ3v) is 9.38. The molecular weight excluding hydrogens is 508 g/mol. The lowest BCUT2D eigenvalue weighted by Gasteiger charge is -2.45. The van der Waals surface area contributed by atoms with Crippen molar-refractivity contribution in [2.24, 2.45) is 0 Å². The van der Waals surface area contributed by atoms with Gasteiger partial charge in [0.05, 0.1) is 48.7 Å². The maximum absolute atomic E-state index is 14.3. The van der Waals surface area contributed by atoms with Crippen LogP contribution < -0.4 is 0 Å². The van der Waals surface area contributed by atoms with E-state index in [1.54, 1.807) is 22.0 Å². The van der Waals surface area contributed by atoms with Crippen LogP contribution in [0.15, 0.2) is 85.0 Å². The highest BCUT2D eigenvalue weighted by atomic mass is 16.5. The summed E-state index contributed by atoms with van der Waals surface area (Å²) in [5, 5.41) is 21.2. The molecule has 0 saturated carbocycles. The van der Waals surface area contributed by atoms with Crippen molar-refractivity contribution in [3.8, 4) is 0 Å². The number of carbonyl (C=O) groups is 2. The molecule has 8 heteroatoms. The standard InChI is InChI=1S/C32H34N2O6/c35-23-11-13-27-31(15-23,39-19-21-7-3-1-4-8-21)17-25-29(37)34-26(30(38)33(25)27)18-32(16-24(36)12-14-28(32)34)40-20-22-9-5-2-6-10-22/h1-14,23-28,35-36H,15-20H2/t23-,24-,25?,26?,27-,28-,31+,32+/m1/s1. The largest absolute Gasteiger partial charge is 0.389 e. The summed E-state index contributed by atoms with van der Waals surface area (Å²) in [4.78, 5) is 31.9. The van der Waals surface area contributed by atoms with Gasteiger partial charge in [-0.25, -0.2) is 0 Å². The summed E-state index contributed by atoms with van der Waals surface area (Å²) in [6, 6.07) is 17.3. The van der Waals surface area contributed by atoms with Crippen molar-refractivity contribution in [1.82, 2.24) is 9.80 Å². The number of aliphatic hydroxyl groups is 2. The molecule has 40 heavy (non-hydrogen) atoms. The molecule has 2 aliphatic carbocycles. The first-order valence-corrected chi connectivity index (χ1v) is 14.1. The van der Waals surface area contributed by atoms with Crippen molar-refractivity contribution in [3.63, 3.8) is 0 Å². The van der Waals surface area contributed by atoms with E-state index in [0.29, 0.717) is 38.9 Å². The van der Waals surface area contributed by atoms with Crippen molar-refractivity contribution in [2.75, 3.05) is 0 Å². The molecule has 208 valence electrons. The number of fused-ring (bicyclic) bond motifs is 6. The Morgan fingerprint density at radius 3 is 1.43 bits per heavy atom. The first-order chi connectivity index (χ1) is 19.4. The van der Waals surface area contributed by atoms with Crippen LogP contribution in [-0.2, 0) is 32.3 Å². The second-order valence-corrected chi connectivity index (χ2v) is 11.8. The molecule has 3 saturated heterocycles. The fourth-order valence-corrected chi connectivity index (χ4v) is 7.59. The van der Waals surface area contributed by atoms with Gasteiger partial charge in [-0.1, -0.05) is 85.0 Å². The molecule has 2 unspecified atom stereocenters. The summed E-state index contributed by atoms with van der Waals surface area (Å²) in [5.41, 5.74) is 0.265. The number of ether oxygens (including phenoxy) is 2. The summed E-state index contributed by atoms with van der Waals surface area (Å²) in [5.74, 6) is -0.249. The molecule has 2 amide bonds. The predicted molar refractivity (Wildman–Crippen MR) is 146 cm³/mol. The summed E-state index contributed by atoms with van der Waals surface area (Å²) < 4.78 is 13.1. The minimum atomic E-state index is -0.862. The Hall–Kier alpha value is -3.30. The first kappa shape index (κ1) is 25.7. The molecule has 3 aliphatic heterocycles. The molecular formula is C32H34N2O6. The Labute approximate surface area is 233 Å². The first-order valence-electron chi connectivity index (χ1n) is 14.1. The van der Waals surface area contributed by atoms with Gasteiger partial charge in [0, 0.05) is 25.7 Å². The lowest BCUT2D eigenvalue weighted by atomic mass is 9.81. The molecule has 3 fully saturated rings. The van der Waals surface area contributed by atoms with Gasteiger partial charge in [0.15, 0.2) is 0 Å². The van der Waals surface area contributed by atoms with Crippen molar-refractivity contribution < 1.29 is 29.3 Å². The zero-order valence-corrected chi connectivity index (χ0v) is 22.2. The molecule has 5 aliphatic rings. The summed E-state index contributed by atoms with van der Waals surface area (Å²) in [6.07, 6.45) is 6.95. The van der Waals surface area contributed by atoms with Crippen LogP contribution in [0.3, 0.4) is 0 Å². The molecule has 0 spiro atoms. The number of hydrogen-bond acceptors (Lipinski definition) is 6. The molecule has 2 N–H and O–H groups in total. The number of piperazine rings is 1. The average molecular weight is 543 g/mol. The molecule has 0 aromatic heterocycles. The van der Waals surface area contributed by atoms with Gasteiger partial charge in [0.2, 0.25) is 11.8 Å². The van der Waals surface area contributed by atoms with Crippen LogP contribution in [-0.4, -0.2) is 79.4 Å². The van der Waals surface area contributed by atoms with E-state index in [-0.39, 0.29) is 11.8 Å². The molecule has 2 aromatic rings. The Balaban J connectivity index is 1.20. The van der Waals surface area contributed by atoms with E-state index in [0.717, 1.165) is 11.1 Å². The van der Waals surface area contributed by atoms with Gasteiger partial charge in [0.25, 0.3) is 0 Å². The number of aliphatic hydroxyl groups excluding tert-OH is 2. The van der Waals surface area contributed by atoms with Gasteiger partial charge in [-0.15, -0.1) is 0 Å². The Morgan fingerprint density at radius 2 is 1.02 bits per heavy atom. The fraction of sp³-hybridized carbons (Fsp3) is 0.438. The topological polar surface area (TPSA) is 99.5 Å². The number of carbonyl (C=O) groups excluding carboxylic acids is 2. The van der Waals surface area contributed by atoms with E-state index in [1.165, 1.54) is 0 Å². The van der Waals surface area contributed by atoms with Gasteiger partial charge in [-0.3, -0.25) is 9.59 Å². The van der Waals surface area contributed by atoms with Gasteiger partial charge in [0.1, 0.15) is 12.1 Å². The van der Waals surface area contributed by atoms with Crippen molar-refractivity contribution in [1.29, 1.82) is 0 Å². The zero-order chi connectivity index (χ0) is 27.5. The van der Waals surface area contributed by atoms with Crippen LogP contribution in [0.1, 0.15) is 36.8 Å². The number of amides is 2. The van der Waals surface area contributed by atoms with Gasteiger partial charge in [-0.05, 0) is 11.1 Å². The van der Waals surface area contributed by atoms with Crippen molar-refractivity contribution in [2.45, 2.75) is 86.5 Å². The Bertz CT molecular complexity index is 1240. The van der Waals surface area contributed by atoms with Gasteiger partial charge in [-0.2, -0.15) is 0 Å². The van der Waals surface area contributed by atoms with Crippen molar-refractivity contribution >= 4 is 11.8 Å². The average Bonchev–Trinajstić information content (AvgIpc) is 3.49. The molecule has 2 aromatic carbocycles. The Kier molecular flexibility index (Phi) is 6.20. The van der Waals surface area contributed by atoms with Crippen LogP contribution in [0.5, 0.6) is 0 Å². The SMILES string of the molecule is O=C1C2C[C@@]3(OCc4ccccc4)C[C@H](O)C=C[C@H]3N2C(=O)C2C[C@@]3(OCc4ccccc4)C[C@H](O)C=C[C@H]3N12. The van der Waals surface area contributed by atoms with E-state index < -0.39 is 47.6 Å². The summed E-state index contributed by atoms with van der Waals surface area (Å²) >= 11 is 0. The van der Waals surface area contributed by atoms with E-state index in [1.807, 2.05) is 72.8 Å². The summed E-state index contributed by atoms with van der Waals surface area (Å²) in [7, 11) is 0. The molecule has 0 radical (unpaired) electrons. The lowest BCUT2D eigenvalue weighted by molar-refractivity contribution is -0.161. The Morgan fingerprint density at radius 1 is 0.625 bits per heavy atom. The third-order valence-electron chi connectivity index (χ3n) is 9.38. The molecule has 8 nitrogen and oxygen atoms in total. The van der Waals surface area contributed by atoms with Gasteiger partial charge >= 0.3 is 0 Å². The number of benzene rings is 2. The molecule has 8 atom stereocenters. The quantitative estimate of drug-likeness (QED) is 0.545. The molecule has 3 heterocycles. The maximum Gasteiger partial charge on any atom is 0.246 e. The zero-order valence-electron chi connectivity index (χ0n) is 22.2. The minimum absolute atomic E-state index is 0.124. The smallest absolute Gasteiger partial charge is 0.246 e. The molecule has 0 bridgehead atoms. The van der Waals surface area contributed by atoms with E-state index in [9.17, 15) is 19.8 Å². The monoisotopic (exact) mass is 542 g/mol. The van der Waals surface area contributed by atoms with Gasteiger partial charge < -0.3 is 29.5 Å². The van der Waals surface area contributed by atoms with Crippen molar-refractivity contribution in [3.05, 3.63) is 96.1 Å². The van der Waals surface area contributed by atoms with Crippen LogP contribution in [0, 0.1) is 0 Å². The van der Waals surface area contributed by atoms with E-state index >= 15 is 0 Å². The number of hydrogen-bond donors (Lipinski definition) is 2. The van der Waals surface area contributed by atoms with E-state index in [4.69, 9.17) is 9.47 Å². The van der Waals surface area contributed by atoms with Crippen LogP contribution in [0.4, 0.5) is 0 Å². The highest BCUT2D eigenvalue weighted by molar-refractivity contribution is 5.99. The summed E-state index contributed by atoms with van der Waals surface area (Å²) in [6.45, 7) is 0.654. The van der Waals surface area contributed by atoms with E-state index in [2.05, 4.69) is 0 Å². The molecule has 7 rings (SSSR count). The van der Waals surface area contributed by atoms with Crippen LogP contribution >= 0.6 is 0 Å². The lowest BCUT2D eigenvalue weighted by Crippen LogP contribution is -2.64. The predicted octanol–water partition coefficient (Wildman–Crippen LogP) is 2.49. The highest BCUT2D eigenvalue weighted by Gasteiger charge is 2.67. The fourth-order valence-electron chi connectivity index (χ4n) is 7.59. The third kappa shape index (κ3) is 4.05. The normalized spacial score (nSPS) is 37.8. The van der Waals surface area contributed by atoms with Crippen LogP contribution in [0.25, 0.3) is 0 Å². The number of rotatable bonds is 6. The minimum Gasteiger partial charge on any atom is -0.389 e.